The number of aryl methyl sites for hydroxylation is 1. The fourth-order valence-corrected chi connectivity index (χ4v) is 4.57. The molecule has 3 N–H and O–H groups in total. The Hall–Kier alpha value is -1.93. The molecule has 0 aromatic heterocycles. The smallest absolute Gasteiger partial charge is 0.252 e. The van der Waals surface area contributed by atoms with Crippen molar-refractivity contribution in [2.45, 2.75) is 76.3 Å². The maximum Gasteiger partial charge on any atom is 0.252 e. The lowest BCUT2D eigenvalue weighted by Gasteiger charge is -2.23. The van der Waals surface area contributed by atoms with Gasteiger partial charge in [0.25, 0.3) is 5.91 Å². The van der Waals surface area contributed by atoms with E-state index in [4.69, 9.17) is 0 Å². The Morgan fingerprint density at radius 3 is 2.36 bits per heavy atom. The van der Waals surface area contributed by atoms with E-state index in [0.29, 0.717) is 5.56 Å². The number of rotatable bonds is 6. The molecule has 8 heteroatoms. The minimum absolute atomic E-state index is 0.0570. The highest BCUT2D eigenvalue weighted by Crippen LogP contribution is 2.21. The second-order valence-corrected chi connectivity index (χ2v) is 10.1. The predicted octanol–water partition coefficient (Wildman–Crippen LogP) is 2.25. The minimum atomic E-state index is -3.70. The summed E-state index contributed by atoms with van der Waals surface area (Å²) in [7, 11) is -3.70. The van der Waals surface area contributed by atoms with Crippen molar-refractivity contribution in [3.05, 3.63) is 29.3 Å². The number of carbonyl (C=O) groups excluding carboxylic acids is 2. The molecule has 0 bridgehead atoms. The van der Waals surface area contributed by atoms with Crippen LogP contribution in [0.1, 0.15) is 68.8 Å². The predicted molar refractivity (Wildman–Crippen MR) is 109 cm³/mol. The molecule has 0 atom stereocenters. The highest BCUT2D eigenvalue weighted by molar-refractivity contribution is 7.89. The van der Waals surface area contributed by atoms with E-state index in [-0.39, 0.29) is 29.0 Å². The lowest BCUT2D eigenvalue weighted by atomic mass is 9.96. The van der Waals surface area contributed by atoms with Crippen LogP contribution in [0.25, 0.3) is 0 Å². The number of amides is 2. The molecule has 1 aliphatic carbocycles. The first-order valence-electron chi connectivity index (χ1n) is 9.70. The van der Waals surface area contributed by atoms with Gasteiger partial charge in [-0.05, 0) is 58.2 Å². The van der Waals surface area contributed by atoms with Crippen molar-refractivity contribution in [3.63, 3.8) is 0 Å². The fraction of sp³-hybridized carbons (Fsp3) is 0.600. The van der Waals surface area contributed by atoms with Gasteiger partial charge in [-0.2, -0.15) is 0 Å². The fourth-order valence-electron chi connectivity index (χ4n) is 3.24. The molecule has 0 saturated heterocycles. The third-order valence-corrected chi connectivity index (χ3v) is 6.13. The molecule has 0 radical (unpaired) electrons. The van der Waals surface area contributed by atoms with Crippen molar-refractivity contribution in [1.82, 2.24) is 15.4 Å². The molecule has 1 saturated carbocycles. The van der Waals surface area contributed by atoms with Crippen LogP contribution in [-0.2, 0) is 14.8 Å². The first-order chi connectivity index (χ1) is 13.0. The van der Waals surface area contributed by atoms with Crippen LogP contribution in [0.4, 0.5) is 0 Å². The van der Waals surface area contributed by atoms with Crippen LogP contribution in [0.5, 0.6) is 0 Å². The van der Waals surface area contributed by atoms with E-state index in [9.17, 15) is 18.0 Å². The van der Waals surface area contributed by atoms with Gasteiger partial charge in [0.1, 0.15) is 0 Å². The lowest BCUT2D eigenvalue weighted by molar-refractivity contribution is -0.121. The van der Waals surface area contributed by atoms with E-state index in [0.717, 1.165) is 32.1 Å². The number of sulfonamides is 1. The summed E-state index contributed by atoms with van der Waals surface area (Å²) in [5.41, 5.74) is 0.497. The summed E-state index contributed by atoms with van der Waals surface area (Å²) in [5, 5.41) is 5.32. The van der Waals surface area contributed by atoms with Gasteiger partial charge in [-0.15, -0.1) is 0 Å². The Morgan fingerprint density at radius 2 is 1.75 bits per heavy atom. The molecule has 1 aromatic rings. The molecule has 0 spiro atoms. The monoisotopic (exact) mass is 409 g/mol. The van der Waals surface area contributed by atoms with E-state index in [1.807, 2.05) is 20.8 Å². The van der Waals surface area contributed by atoms with Gasteiger partial charge in [0.2, 0.25) is 15.9 Å². The third kappa shape index (κ3) is 6.60. The Kier molecular flexibility index (Phi) is 7.22. The minimum Gasteiger partial charge on any atom is -0.350 e. The van der Waals surface area contributed by atoms with Crippen LogP contribution in [-0.4, -0.2) is 38.4 Å². The summed E-state index contributed by atoms with van der Waals surface area (Å²) in [4.78, 5) is 24.5. The molecule has 1 fully saturated rings. The van der Waals surface area contributed by atoms with Crippen LogP contribution >= 0.6 is 0 Å². The quantitative estimate of drug-likeness (QED) is 0.670. The van der Waals surface area contributed by atoms with Gasteiger partial charge < -0.3 is 10.6 Å². The Labute approximate surface area is 167 Å². The Balaban J connectivity index is 2.09. The van der Waals surface area contributed by atoms with E-state index < -0.39 is 21.5 Å². The van der Waals surface area contributed by atoms with Gasteiger partial charge in [0, 0.05) is 17.1 Å². The summed E-state index contributed by atoms with van der Waals surface area (Å²) < 4.78 is 28.2. The second-order valence-electron chi connectivity index (χ2n) is 8.41. The molecular formula is C20H31N3O4S. The normalized spacial score (nSPS) is 15.9. The van der Waals surface area contributed by atoms with Crippen LogP contribution in [0.3, 0.4) is 0 Å². The summed E-state index contributed by atoms with van der Waals surface area (Å²) in [5.74, 6) is -0.780. The molecule has 1 aromatic carbocycles. The van der Waals surface area contributed by atoms with Crippen LogP contribution in [0.2, 0.25) is 0 Å². The molecule has 28 heavy (non-hydrogen) atoms. The SMILES string of the molecule is Cc1ccc(S(=O)(=O)NC2CCCCC2)cc1C(=O)NCC(=O)NC(C)(C)C. The van der Waals surface area contributed by atoms with E-state index >= 15 is 0 Å². The number of benzene rings is 1. The van der Waals surface area contributed by atoms with Crippen molar-refractivity contribution in [3.8, 4) is 0 Å². The van der Waals surface area contributed by atoms with Gasteiger partial charge in [-0.3, -0.25) is 9.59 Å². The van der Waals surface area contributed by atoms with E-state index in [1.165, 1.54) is 12.1 Å². The van der Waals surface area contributed by atoms with E-state index in [2.05, 4.69) is 15.4 Å². The summed E-state index contributed by atoms with van der Waals surface area (Å²) in [6, 6.07) is 4.43. The third-order valence-electron chi connectivity index (χ3n) is 4.61. The zero-order chi connectivity index (χ0) is 20.9. The summed E-state index contributed by atoms with van der Waals surface area (Å²) in [6.45, 7) is 7.11. The number of hydrogen-bond donors (Lipinski definition) is 3. The van der Waals surface area contributed by atoms with Gasteiger partial charge in [-0.1, -0.05) is 25.3 Å². The number of nitrogens with one attached hydrogen (secondary N) is 3. The van der Waals surface area contributed by atoms with Gasteiger partial charge in [0.15, 0.2) is 0 Å². The highest BCUT2D eigenvalue weighted by atomic mass is 32.2. The highest BCUT2D eigenvalue weighted by Gasteiger charge is 2.23. The maximum absolute atomic E-state index is 12.7. The van der Waals surface area contributed by atoms with Crippen LogP contribution in [0, 0.1) is 6.92 Å². The molecule has 1 aliphatic rings. The summed E-state index contributed by atoms with van der Waals surface area (Å²) in [6.07, 6.45) is 4.84. The molecule has 0 heterocycles. The Bertz CT molecular complexity index is 822. The molecule has 0 unspecified atom stereocenters. The van der Waals surface area contributed by atoms with Gasteiger partial charge >= 0.3 is 0 Å². The average Bonchev–Trinajstić information content (AvgIpc) is 2.59. The van der Waals surface area contributed by atoms with Crippen molar-refractivity contribution in [1.29, 1.82) is 0 Å². The van der Waals surface area contributed by atoms with Crippen molar-refractivity contribution < 1.29 is 18.0 Å². The first kappa shape index (κ1) is 22.4. The zero-order valence-corrected chi connectivity index (χ0v) is 17.9. The van der Waals surface area contributed by atoms with E-state index in [1.54, 1.807) is 13.0 Å². The molecule has 156 valence electrons. The van der Waals surface area contributed by atoms with Gasteiger partial charge in [-0.25, -0.2) is 13.1 Å². The maximum atomic E-state index is 12.7. The largest absolute Gasteiger partial charge is 0.350 e. The van der Waals surface area contributed by atoms with Gasteiger partial charge in [0.05, 0.1) is 11.4 Å². The molecule has 0 aliphatic heterocycles. The molecule has 7 nitrogen and oxygen atoms in total. The van der Waals surface area contributed by atoms with Crippen LogP contribution in [0.15, 0.2) is 23.1 Å². The first-order valence-corrected chi connectivity index (χ1v) is 11.2. The number of hydrogen-bond acceptors (Lipinski definition) is 4. The molecule has 2 amide bonds. The average molecular weight is 410 g/mol. The molecular weight excluding hydrogens is 378 g/mol. The Morgan fingerprint density at radius 1 is 1.11 bits per heavy atom. The standard InChI is InChI=1S/C20H31N3O4S/c1-14-10-11-16(28(26,27)23-15-8-6-5-7-9-15)12-17(14)19(25)21-13-18(24)22-20(2,3)4/h10-12,15,23H,5-9,13H2,1-4H3,(H,21,25)(H,22,24). The van der Waals surface area contributed by atoms with Crippen molar-refractivity contribution in [2.24, 2.45) is 0 Å². The number of carbonyl (C=O) groups is 2. The molecule has 2 rings (SSSR count). The lowest BCUT2D eigenvalue weighted by Crippen LogP contribution is -2.45. The van der Waals surface area contributed by atoms with Crippen molar-refractivity contribution >= 4 is 21.8 Å². The topological polar surface area (TPSA) is 104 Å². The van der Waals surface area contributed by atoms with Crippen LogP contribution < -0.4 is 15.4 Å². The summed E-state index contributed by atoms with van der Waals surface area (Å²) >= 11 is 0. The second kappa shape index (κ2) is 9.05. The van der Waals surface area contributed by atoms with Crippen molar-refractivity contribution in [2.75, 3.05) is 6.54 Å². The zero-order valence-electron chi connectivity index (χ0n) is 17.1.